The molecule has 400 valence electrons. The van der Waals surface area contributed by atoms with E-state index in [4.69, 9.17) is 23.2 Å². The summed E-state index contributed by atoms with van der Waals surface area (Å²) >= 11 is 12.6. The standard InChI is InChI=1S/C41H28Cl2N10O17S7/c1-19-28(17-44)38(46-22-7-9-30(42)34(12-22)76(65,66)67)48-39(47-23-8-10-31(43)35(13-23)77(68,69)70)37(19)50-51-40-29(18-45)36(20-3-5-21(6-4-20)53-72(2,54)55)41(71-40)52-49-24-11-26-27(32(14-24)74(59,60)61)15-25(73(56,57)58)16-33(26)75(62,63)64/h3-16,53H,1-2H3,(H2,46,47,48)(H,56,57,58)(H,59,60,61)(H,62,63,64)(H,65,66,67)(H,68,69,70). The second-order valence-electron chi connectivity index (χ2n) is 15.6. The number of aromatic nitrogens is 1. The van der Waals surface area contributed by atoms with Crippen molar-refractivity contribution in [2.75, 3.05) is 21.6 Å². The zero-order valence-electron chi connectivity index (χ0n) is 38.0. The van der Waals surface area contributed by atoms with Gasteiger partial charge in [0.2, 0.25) is 10.0 Å². The van der Waals surface area contributed by atoms with Gasteiger partial charge in [-0.05, 0) is 85.3 Å². The van der Waals surface area contributed by atoms with Crippen LogP contribution in [0.3, 0.4) is 0 Å². The molecule has 2 heterocycles. The van der Waals surface area contributed by atoms with E-state index in [1.807, 2.05) is 12.1 Å². The number of nitrogens with zero attached hydrogens (tertiary/aromatic N) is 7. The lowest BCUT2D eigenvalue weighted by Gasteiger charge is -2.16. The Kier molecular flexibility index (Phi) is 15.7. The minimum Gasteiger partial charge on any atom is -0.339 e. The van der Waals surface area contributed by atoms with E-state index >= 15 is 0 Å². The van der Waals surface area contributed by atoms with Crippen LogP contribution in [0.5, 0.6) is 0 Å². The Bertz CT molecular complexity index is 4550. The molecule has 0 aliphatic rings. The van der Waals surface area contributed by atoms with Crippen molar-refractivity contribution in [3.8, 4) is 23.3 Å². The highest BCUT2D eigenvalue weighted by molar-refractivity contribution is 7.92. The molecule has 0 bridgehead atoms. The number of azo groups is 2. The number of benzene rings is 5. The number of nitrogens with one attached hydrogen (secondary N) is 3. The third-order valence-electron chi connectivity index (χ3n) is 10.2. The van der Waals surface area contributed by atoms with Crippen LogP contribution in [0.2, 0.25) is 10.0 Å². The van der Waals surface area contributed by atoms with Crippen LogP contribution in [0.4, 0.5) is 50.1 Å². The van der Waals surface area contributed by atoms with E-state index in [-0.39, 0.29) is 77.2 Å². The molecule has 8 N–H and O–H groups in total. The zero-order chi connectivity index (χ0) is 57.0. The number of rotatable bonds is 16. The maximum absolute atomic E-state index is 12.7. The number of hydrogen-bond donors (Lipinski definition) is 8. The molecule has 27 nitrogen and oxygen atoms in total. The Morgan fingerprint density at radius 2 is 1.03 bits per heavy atom. The summed E-state index contributed by atoms with van der Waals surface area (Å²) in [5, 5.41) is 40.5. The monoisotopic (exact) mass is 1230 g/mol. The largest absolute Gasteiger partial charge is 0.339 e. The van der Waals surface area contributed by atoms with Crippen LogP contribution < -0.4 is 15.4 Å². The van der Waals surface area contributed by atoms with E-state index in [1.54, 1.807) is 0 Å². The molecule has 0 spiro atoms. The normalized spacial score (nSPS) is 12.7. The fourth-order valence-corrected chi connectivity index (χ4v) is 12.5. The molecule has 0 amide bonds. The summed E-state index contributed by atoms with van der Waals surface area (Å²) in [6.07, 6.45) is 0.881. The average Bonchev–Trinajstić information content (AvgIpc) is 3.66. The Balaban J connectivity index is 1.46. The molecular weight excluding hydrogens is 1200 g/mol. The van der Waals surface area contributed by atoms with Crippen LogP contribution in [-0.4, -0.2) is 84.5 Å². The maximum Gasteiger partial charge on any atom is 0.296 e. The summed E-state index contributed by atoms with van der Waals surface area (Å²) in [5.41, 5.74) is -1.68. The summed E-state index contributed by atoms with van der Waals surface area (Å²) in [6.45, 7) is 1.35. The first-order valence-electron chi connectivity index (χ1n) is 20.1. The molecular formula is C41H28Cl2N10O17S7. The molecule has 36 heteroatoms. The molecule has 0 atom stereocenters. The van der Waals surface area contributed by atoms with Crippen molar-refractivity contribution in [3.05, 3.63) is 112 Å². The van der Waals surface area contributed by atoms with Crippen molar-refractivity contribution in [1.29, 1.82) is 10.5 Å². The van der Waals surface area contributed by atoms with Crippen LogP contribution in [0.15, 0.2) is 130 Å². The van der Waals surface area contributed by atoms with Crippen molar-refractivity contribution in [2.45, 2.75) is 31.4 Å². The fourth-order valence-electron chi connectivity index (χ4n) is 6.99. The summed E-state index contributed by atoms with van der Waals surface area (Å²) in [5.74, 6) is -0.650. The number of nitriles is 2. The molecule has 2 aromatic heterocycles. The smallest absolute Gasteiger partial charge is 0.296 e. The molecule has 0 radical (unpaired) electrons. The third kappa shape index (κ3) is 13.0. The number of sulfonamides is 1. The Hall–Kier alpha value is -7.13. The predicted octanol–water partition coefficient (Wildman–Crippen LogP) is 9.24. The SMILES string of the molecule is Cc1c(C#N)c(Nc2ccc(Cl)c(S(=O)(=O)O)c2)nc(Nc2ccc(Cl)c(S(=O)(=O)O)c2)c1N=Nc1sc(N=Nc2cc(S(=O)(=O)O)c3cc(S(=O)(=O)O)cc(S(=O)(=O)O)c3c2)c(-c2ccc(NS(C)(=O)=O)cc2)c1C#N. The second-order valence-corrected chi connectivity index (χ2v) is 26.1. The first-order chi connectivity index (χ1) is 35.6. The number of fused-ring (bicyclic) bond motifs is 1. The van der Waals surface area contributed by atoms with Gasteiger partial charge in [-0.3, -0.25) is 27.5 Å². The molecule has 0 saturated heterocycles. The first kappa shape index (κ1) is 57.6. The van der Waals surface area contributed by atoms with Gasteiger partial charge in [0.25, 0.3) is 50.6 Å². The van der Waals surface area contributed by atoms with Gasteiger partial charge in [-0.1, -0.05) is 46.7 Å². The van der Waals surface area contributed by atoms with Gasteiger partial charge >= 0.3 is 0 Å². The molecule has 77 heavy (non-hydrogen) atoms. The van der Waals surface area contributed by atoms with E-state index in [0.717, 1.165) is 36.6 Å². The van der Waals surface area contributed by atoms with E-state index in [2.05, 4.69) is 40.8 Å². The highest BCUT2D eigenvalue weighted by Crippen LogP contribution is 2.49. The van der Waals surface area contributed by atoms with E-state index in [0.29, 0.717) is 29.5 Å². The van der Waals surface area contributed by atoms with E-state index < -0.39 is 107 Å². The van der Waals surface area contributed by atoms with Crippen LogP contribution in [-0.2, 0) is 60.6 Å². The van der Waals surface area contributed by atoms with E-state index in [1.165, 1.54) is 43.3 Å². The summed E-state index contributed by atoms with van der Waals surface area (Å²) in [7, 11) is -29.7. The highest BCUT2D eigenvalue weighted by atomic mass is 35.5. The number of anilines is 5. The number of halogens is 2. The molecule has 0 unspecified atom stereocenters. The van der Waals surface area contributed by atoms with Crippen molar-refractivity contribution >= 4 is 156 Å². The van der Waals surface area contributed by atoms with Gasteiger partial charge in [-0.2, -0.15) is 52.6 Å². The van der Waals surface area contributed by atoms with Crippen molar-refractivity contribution in [1.82, 2.24) is 4.98 Å². The van der Waals surface area contributed by atoms with Crippen molar-refractivity contribution in [3.63, 3.8) is 0 Å². The average molecular weight is 1230 g/mol. The van der Waals surface area contributed by atoms with Crippen LogP contribution in [0.1, 0.15) is 16.7 Å². The molecule has 0 fully saturated rings. The van der Waals surface area contributed by atoms with Gasteiger partial charge in [0.05, 0.1) is 32.4 Å². The quantitative estimate of drug-likeness (QED) is 0.0330. The lowest BCUT2D eigenvalue weighted by molar-refractivity contribution is 0.478. The van der Waals surface area contributed by atoms with Gasteiger partial charge in [-0.25, -0.2) is 13.4 Å². The lowest BCUT2D eigenvalue weighted by Crippen LogP contribution is -2.09. The number of hydrogen-bond acceptors (Lipinski definition) is 22. The Morgan fingerprint density at radius 3 is 1.52 bits per heavy atom. The van der Waals surface area contributed by atoms with Gasteiger partial charge in [0.1, 0.15) is 48.0 Å². The third-order valence-corrected chi connectivity index (χ3v) is 17.1. The topological polar surface area (TPSA) is 452 Å². The van der Waals surface area contributed by atoms with E-state index in [9.17, 15) is 83.8 Å². The molecule has 7 rings (SSSR count). The van der Waals surface area contributed by atoms with Gasteiger partial charge in [0.15, 0.2) is 16.6 Å². The Labute approximate surface area is 450 Å². The lowest BCUT2D eigenvalue weighted by atomic mass is 10.0. The van der Waals surface area contributed by atoms with Gasteiger partial charge < -0.3 is 10.6 Å². The minimum atomic E-state index is -5.44. The number of thiophene rings is 1. The minimum absolute atomic E-state index is 0.0488. The van der Waals surface area contributed by atoms with Gasteiger partial charge in [-0.15, -0.1) is 20.5 Å². The molecule has 0 aliphatic carbocycles. The Morgan fingerprint density at radius 1 is 0.545 bits per heavy atom. The summed E-state index contributed by atoms with van der Waals surface area (Å²) in [4.78, 5) is -0.677. The predicted molar refractivity (Wildman–Crippen MR) is 277 cm³/mol. The van der Waals surface area contributed by atoms with Gasteiger partial charge in [0, 0.05) is 39.0 Å². The van der Waals surface area contributed by atoms with Crippen LogP contribution in [0, 0.1) is 29.6 Å². The van der Waals surface area contributed by atoms with Crippen molar-refractivity contribution < 1.29 is 73.3 Å². The van der Waals surface area contributed by atoms with Crippen molar-refractivity contribution in [2.24, 2.45) is 20.5 Å². The zero-order valence-corrected chi connectivity index (χ0v) is 45.2. The highest BCUT2D eigenvalue weighted by Gasteiger charge is 2.28. The first-order valence-corrected chi connectivity index (χ1v) is 30.8. The summed E-state index contributed by atoms with van der Waals surface area (Å²) < 4.78 is 199. The fraction of sp³-hybridized carbons (Fsp3) is 0.0488. The molecule has 5 aromatic carbocycles. The second kappa shape index (κ2) is 21.0. The molecule has 0 saturated carbocycles. The summed E-state index contributed by atoms with van der Waals surface area (Å²) in [6, 6.07) is 17.9. The van der Waals surface area contributed by atoms with Crippen LogP contribution in [0.25, 0.3) is 21.9 Å². The number of pyridine rings is 1. The maximum atomic E-state index is 12.7. The molecule has 0 aliphatic heterocycles. The molecule has 7 aromatic rings. The van der Waals surface area contributed by atoms with Crippen LogP contribution >= 0.6 is 34.5 Å².